The zero-order chi connectivity index (χ0) is 12.1. The highest BCUT2D eigenvalue weighted by Crippen LogP contribution is 2.51. The van der Waals surface area contributed by atoms with Gasteiger partial charge in [-0.3, -0.25) is 0 Å². The van der Waals surface area contributed by atoms with Crippen molar-refractivity contribution in [1.29, 1.82) is 0 Å². The van der Waals surface area contributed by atoms with Crippen molar-refractivity contribution < 1.29 is 9.53 Å². The van der Waals surface area contributed by atoms with Crippen LogP contribution < -0.4 is 0 Å². The van der Waals surface area contributed by atoms with Crippen molar-refractivity contribution in [3.63, 3.8) is 0 Å². The van der Waals surface area contributed by atoms with Gasteiger partial charge in [0.25, 0.3) is 0 Å². The highest BCUT2D eigenvalue weighted by molar-refractivity contribution is 5.81. The summed E-state index contributed by atoms with van der Waals surface area (Å²) in [5.41, 5.74) is 0.627. The van der Waals surface area contributed by atoms with Gasteiger partial charge in [0.1, 0.15) is 0 Å². The minimum atomic E-state index is -0.183. The fourth-order valence-electron chi connectivity index (χ4n) is 3.58. The minimum absolute atomic E-state index is 0.183. The second kappa shape index (κ2) is 5.70. The van der Waals surface area contributed by atoms with Gasteiger partial charge in [-0.1, -0.05) is 25.3 Å². The van der Waals surface area contributed by atoms with Crippen LogP contribution in [-0.4, -0.2) is 12.6 Å². The monoisotopic (exact) mass is 236 g/mol. The van der Waals surface area contributed by atoms with Crippen LogP contribution in [0.15, 0.2) is 12.2 Å². The SMILES string of the molecule is CCOC(=O)/C=C/C1CCC2(CCCCC2)C1. The van der Waals surface area contributed by atoms with E-state index >= 15 is 0 Å². The zero-order valence-electron chi connectivity index (χ0n) is 10.9. The minimum Gasteiger partial charge on any atom is -0.463 e. The van der Waals surface area contributed by atoms with E-state index < -0.39 is 0 Å². The summed E-state index contributed by atoms with van der Waals surface area (Å²) >= 11 is 0. The second-order valence-corrected chi connectivity index (χ2v) is 5.67. The van der Waals surface area contributed by atoms with E-state index in [4.69, 9.17) is 4.74 Å². The molecule has 1 atom stereocenters. The lowest BCUT2D eigenvalue weighted by Crippen LogP contribution is -2.20. The summed E-state index contributed by atoms with van der Waals surface area (Å²) in [5.74, 6) is 0.426. The molecule has 0 aliphatic heterocycles. The van der Waals surface area contributed by atoms with Crippen LogP contribution in [0, 0.1) is 11.3 Å². The fourth-order valence-corrected chi connectivity index (χ4v) is 3.58. The Balaban J connectivity index is 1.83. The van der Waals surface area contributed by atoms with Gasteiger partial charge in [-0.15, -0.1) is 0 Å². The van der Waals surface area contributed by atoms with Crippen LogP contribution in [0.3, 0.4) is 0 Å². The summed E-state index contributed by atoms with van der Waals surface area (Å²) in [5, 5.41) is 0. The first-order valence-electron chi connectivity index (χ1n) is 7.09. The Kier molecular flexibility index (Phi) is 4.25. The molecule has 0 aromatic carbocycles. The van der Waals surface area contributed by atoms with E-state index in [-0.39, 0.29) is 5.97 Å². The summed E-state index contributed by atoms with van der Waals surface area (Å²) in [4.78, 5) is 11.3. The van der Waals surface area contributed by atoms with Gasteiger partial charge in [0.05, 0.1) is 6.61 Å². The molecule has 0 amide bonds. The van der Waals surface area contributed by atoms with Gasteiger partial charge in [-0.05, 0) is 50.4 Å². The Morgan fingerprint density at radius 3 is 2.76 bits per heavy atom. The molecule has 2 aliphatic rings. The lowest BCUT2D eigenvalue weighted by atomic mass is 9.72. The van der Waals surface area contributed by atoms with Gasteiger partial charge >= 0.3 is 5.97 Å². The first-order chi connectivity index (χ1) is 8.24. The normalized spacial score (nSPS) is 27.7. The molecule has 17 heavy (non-hydrogen) atoms. The van der Waals surface area contributed by atoms with Crippen molar-refractivity contribution in [2.45, 2.75) is 58.3 Å². The van der Waals surface area contributed by atoms with Crippen molar-refractivity contribution in [1.82, 2.24) is 0 Å². The Morgan fingerprint density at radius 1 is 1.29 bits per heavy atom. The summed E-state index contributed by atoms with van der Waals surface area (Å²) < 4.78 is 4.91. The maximum atomic E-state index is 11.3. The number of esters is 1. The van der Waals surface area contributed by atoms with Gasteiger partial charge in [-0.2, -0.15) is 0 Å². The van der Waals surface area contributed by atoms with Crippen molar-refractivity contribution in [3.05, 3.63) is 12.2 Å². The van der Waals surface area contributed by atoms with Crippen molar-refractivity contribution >= 4 is 5.97 Å². The van der Waals surface area contributed by atoms with Gasteiger partial charge < -0.3 is 4.74 Å². The van der Waals surface area contributed by atoms with E-state index in [9.17, 15) is 4.79 Å². The Morgan fingerprint density at radius 2 is 2.06 bits per heavy atom. The number of allylic oxidation sites excluding steroid dienone is 1. The summed E-state index contributed by atoms with van der Waals surface area (Å²) in [6, 6.07) is 0. The van der Waals surface area contributed by atoms with Gasteiger partial charge in [0, 0.05) is 6.08 Å². The number of ether oxygens (including phenoxy) is 1. The predicted octanol–water partition coefficient (Wildman–Crippen LogP) is 3.86. The number of hydrogen-bond acceptors (Lipinski definition) is 2. The molecule has 0 bridgehead atoms. The molecule has 96 valence electrons. The van der Waals surface area contributed by atoms with E-state index in [1.807, 2.05) is 6.92 Å². The number of rotatable bonds is 3. The molecule has 1 unspecified atom stereocenters. The Bertz CT molecular complexity index is 287. The third-order valence-electron chi connectivity index (χ3n) is 4.45. The maximum absolute atomic E-state index is 11.3. The molecule has 2 heteroatoms. The van der Waals surface area contributed by atoms with Gasteiger partial charge in [-0.25, -0.2) is 4.79 Å². The zero-order valence-corrected chi connectivity index (χ0v) is 10.9. The molecule has 2 fully saturated rings. The first-order valence-corrected chi connectivity index (χ1v) is 7.09. The average molecular weight is 236 g/mol. The van der Waals surface area contributed by atoms with Gasteiger partial charge in [0.2, 0.25) is 0 Å². The predicted molar refractivity (Wildman–Crippen MR) is 68.6 cm³/mol. The van der Waals surface area contributed by atoms with Crippen LogP contribution in [0.2, 0.25) is 0 Å². The number of carbonyl (C=O) groups excluding carboxylic acids is 1. The van der Waals surface area contributed by atoms with Gasteiger partial charge in [0.15, 0.2) is 0 Å². The van der Waals surface area contributed by atoms with Crippen LogP contribution in [0.4, 0.5) is 0 Å². The number of hydrogen-bond donors (Lipinski definition) is 0. The molecule has 2 saturated carbocycles. The fraction of sp³-hybridized carbons (Fsp3) is 0.800. The quantitative estimate of drug-likeness (QED) is 0.549. The van der Waals surface area contributed by atoms with Crippen LogP contribution in [0.25, 0.3) is 0 Å². The molecule has 0 heterocycles. The Hall–Kier alpha value is -0.790. The summed E-state index contributed by atoms with van der Waals surface area (Å²) in [7, 11) is 0. The van der Waals surface area contributed by atoms with Crippen molar-refractivity contribution in [2.24, 2.45) is 11.3 Å². The van der Waals surface area contributed by atoms with E-state index in [1.54, 1.807) is 6.08 Å². The molecule has 0 N–H and O–H groups in total. The van der Waals surface area contributed by atoms with E-state index in [2.05, 4.69) is 6.08 Å². The lowest BCUT2D eigenvalue weighted by Gasteiger charge is -2.33. The molecular formula is C15H24O2. The van der Waals surface area contributed by atoms with Crippen molar-refractivity contribution in [3.8, 4) is 0 Å². The topological polar surface area (TPSA) is 26.3 Å². The highest BCUT2D eigenvalue weighted by Gasteiger charge is 2.38. The highest BCUT2D eigenvalue weighted by atomic mass is 16.5. The van der Waals surface area contributed by atoms with Crippen LogP contribution in [-0.2, 0) is 9.53 Å². The molecule has 2 aliphatic carbocycles. The molecule has 2 nitrogen and oxygen atoms in total. The molecule has 2 rings (SSSR count). The first kappa shape index (κ1) is 12.7. The van der Waals surface area contributed by atoms with E-state index in [1.165, 1.54) is 51.4 Å². The van der Waals surface area contributed by atoms with E-state index in [0.29, 0.717) is 17.9 Å². The Labute approximate surface area is 104 Å². The van der Waals surface area contributed by atoms with Crippen LogP contribution in [0.5, 0.6) is 0 Å². The third kappa shape index (κ3) is 3.34. The largest absolute Gasteiger partial charge is 0.463 e. The third-order valence-corrected chi connectivity index (χ3v) is 4.45. The smallest absolute Gasteiger partial charge is 0.330 e. The molecule has 0 radical (unpaired) electrons. The molecule has 0 aromatic heterocycles. The van der Waals surface area contributed by atoms with Crippen LogP contribution >= 0.6 is 0 Å². The summed E-state index contributed by atoms with van der Waals surface area (Å²) in [6.45, 7) is 2.32. The molecule has 0 saturated heterocycles. The van der Waals surface area contributed by atoms with E-state index in [0.717, 1.165) is 0 Å². The number of carbonyl (C=O) groups is 1. The molecule has 1 spiro atoms. The average Bonchev–Trinajstić information content (AvgIpc) is 2.71. The molecular weight excluding hydrogens is 212 g/mol. The summed E-state index contributed by atoms with van der Waals surface area (Å²) in [6.07, 6.45) is 14.7. The maximum Gasteiger partial charge on any atom is 0.330 e. The van der Waals surface area contributed by atoms with Crippen LogP contribution in [0.1, 0.15) is 58.3 Å². The standard InChI is InChI=1S/C15H24O2/c1-2-17-14(16)7-6-13-8-11-15(12-13)9-4-3-5-10-15/h6-7,13H,2-5,8-12H2,1H3/b7-6+. The molecule has 0 aromatic rings. The lowest BCUT2D eigenvalue weighted by molar-refractivity contribution is -0.137. The van der Waals surface area contributed by atoms with Crippen molar-refractivity contribution in [2.75, 3.05) is 6.61 Å². The second-order valence-electron chi connectivity index (χ2n) is 5.67.